The maximum Gasteiger partial charge on any atom is 0.410 e. The second kappa shape index (κ2) is 10.9. The molecule has 0 bridgehead atoms. The number of likely N-dealkylation sites (tertiary alicyclic amines) is 1. The van der Waals surface area contributed by atoms with Crippen molar-refractivity contribution in [2.24, 2.45) is 4.99 Å². The predicted octanol–water partition coefficient (Wildman–Crippen LogP) is 3.48. The molecule has 0 unspecified atom stereocenters. The number of ether oxygens (including phenoxy) is 1. The molecule has 1 aliphatic rings. The van der Waals surface area contributed by atoms with E-state index in [0.717, 1.165) is 24.3 Å². The predicted molar refractivity (Wildman–Crippen MR) is 120 cm³/mol. The van der Waals surface area contributed by atoms with E-state index in [9.17, 15) is 4.79 Å². The van der Waals surface area contributed by atoms with E-state index in [0.29, 0.717) is 31.5 Å². The first-order chi connectivity index (χ1) is 12.8. The van der Waals surface area contributed by atoms with Crippen LogP contribution in [0.2, 0.25) is 0 Å². The number of nitrogens with zero attached hydrogens (tertiary/aromatic N) is 3. The molecular weight excluding hydrogens is 473 g/mol. The van der Waals surface area contributed by atoms with Gasteiger partial charge >= 0.3 is 6.09 Å². The molecule has 0 aromatic carbocycles. The van der Waals surface area contributed by atoms with Crippen LogP contribution in [-0.4, -0.2) is 53.9 Å². The number of rotatable bonds is 6. The Morgan fingerprint density at radius 1 is 1.39 bits per heavy atom. The molecule has 2 rings (SSSR count). The highest BCUT2D eigenvalue weighted by Crippen LogP contribution is 2.22. The summed E-state index contributed by atoms with van der Waals surface area (Å²) >= 11 is 0. The van der Waals surface area contributed by atoms with Crippen molar-refractivity contribution in [3.63, 3.8) is 0 Å². The minimum absolute atomic E-state index is 0. The molecule has 0 saturated carbocycles. The Kier molecular flexibility index (Phi) is 9.52. The van der Waals surface area contributed by atoms with E-state index in [1.807, 2.05) is 26.8 Å². The molecule has 1 fully saturated rings. The van der Waals surface area contributed by atoms with Crippen molar-refractivity contribution in [3.05, 3.63) is 17.5 Å². The molecule has 0 atom stereocenters. The first-order valence-corrected chi connectivity index (χ1v) is 9.66. The number of halogens is 1. The standard InChI is InChI=1S/C19H33N5O3.HI/c1-7-13(8-2)16-9-15(27-23-16)10-21-17(20-6)22-14-11-24(12-14)18(25)26-19(3,4)5;/h9,13-14H,7-8,10-12H2,1-6H3,(H2,20,21,22);1H. The lowest BCUT2D eigenvalue weighted by atomic mass is 9.99. The molecule has 0 spiro atoms. The number of guanidine groups is 1. The average Bonchev–Trinajstić information content (AvgIpc) is 3.01. The highest BCUT2D eigenvalue weighted by molar-refractivity contribution is 14.0. The van der Waals surface area contributed by atoms with E-state index in [-0.39, 0.29) is 36.1 Å². The van der Waals surface area contributed by atoms with E-state index < -0.39 is 5.60 Å². The maximum absolute atomic E-state index is 12.0. The van der Waals surface area contributed by atoms with Crippen molar-refractivity contribution in [2.45, 2.75) is 71.6 Å². The SMILES string of the molecule is CCC(CC)c1cc(CNC(=NC)NC2CN(C(=O)OC(C)(C)C)C2)on1.I. The van der Waals surface area contributed by atoms with Gasteiger partial charge in [-0.2, -0.15) is 0 Å². The van der Waals surface area contributed by atoms with Crippen molar-refractivity contribution in [1.82, 2.24) is 20.7 Å². The maximum atomic E-state index is 12.0. The summed E-state index contributed by atoms with van der Waals surface area (Å²) in [6, 6.07) is 2.16. The van der Waals surface area contributed by atoms with Gasteiger partial charge in [0.05, 0.1) is 18.3 Å². The van der Waals surface area contributed by atoms with E-state index in [1.54, 1.807) is 11.9 Å². The van der Waals surface area contributed by atoms with Crippen LogP contribution in [0.4, 0.5) is 4.79 Å². The summed E-state index contributed by atoms with van der Waals surface area (Å²) in [7, 11) is 1.72. The number of hydrogen-bond acceptors (Lipinski definition) is 5. The zero-order chi connectivity index (χ0) is 20.0. The molecule has 1 aromatic rings. The quantitative estimate of drug-likeness (QED) is 0.348. The van der Waals surface area contributed by atoms with Crippen LogP contribution in [0.1, 0.15) is 64.8 Å². The highest BCUT2D eigenvalue weighted by atomic mass is 127. The van der Waals surface area contributed by atoms with Crippen LogP contribution in [-0.2, 0) is 11.3 Å². The lowest BCUT2D eigenvalue weighted by Gasteiger charge is -2.40. The van der Waals surface area contributed by atoms with Crippen molar-refractivity contribution >= 4 is 36.0 Å². The Morgan fingerprint density at radius 2 is 2.04 bits per heavy atom. The Bertz CT molecular complexity index is 646. The minimum atomic E-state index is -0.475. The highest BCUT2D eigenvalue weighted by Gasteiger charge is 2.34. The summed E-state index contributed by atoms with van der Waals surface area (Å²) in [6.07, 6.45) is 1.82. The average molecular weight is 507 g/mol. The molecule has 1 aromatic heterocycles. The number of hydrogen-bond donors (Lipinski definition) is 2. The zero-order valence-electron chi connectivity index (χ0n) is 17.7. The van der Waals surface area contributed by atoms with Crippen molar-refractivity contribution < 1.29 is 14.1 Å². The number of aliphatic imine (C=N–C) groups is 1. The zero-order valence-corrected chi connectivity index (χ0v) is 20.1. The van der Waals surface area contributed by atoms with E-state index >= 15 is 0 Å². The van der Waals surface area contributed by atoms with Gasteiger partial charge in [0.25, 0.3) is 0 Å². The van der Waals surface area contributed by atoms with Crippen LogP contribution in [0.3, 0.4) is 0 Å². The molecular formula is C19H34IN5O3. The fourth-order valence-electron chi connectivity index (χ4n) is 2.92. The summed E-state index contributed by atoms with van der Waals surface area (Å²) in [6.45, 7) is 11.6. The Labute approximate surface area is 184 Å². The third-order valence-corrected chi connectivity index (χ3v) is 4.51. The molecule has 0 radical (unpaired) electrons. The minimum Gasteiger partial charge on any atom is -0.444 e. The molecule has 9 heteroatoms. The second-order valence-corrected chi connectivity index (χ2v) is 7.88. The molecule has 2 heterocycles. The van der Waals surface area contributed by atoms with E-state index in [1.165, 1.54) is 0 Å². The molecule has 1 saturated heterocycles. The van der Waals surface area contributed by atoms with Crippen LogP contribution in [0, 0.1) is 0 Å². The van der Waals surface area contributed by atoms with Crippen molar-refractivity contribution in [3.8, 4) is 0 Å². The normalized spacial score (nSPS) is 15.1. The third-order valence-electron chi connectivity index (χ3n) is 4.51. The van der Waals surface area contributed by atoms with Gasteiger partial charge in [0.2, 0.25) is 0 Å². The molecule has 8 nitrogen and oxygen atoms in total. The summed E-state index contributed by atoms with van der Waals surface area (Å²) in [5, 5.41) is 10.7. The summed E-state index contributed by atoms with van der Waals surface area (Å²) < 4.78 is 10.8. The molecule has 1 aliphatic heterocycles. The van der Waals surface area contributed by atoms with Gasteiger partial charge in [-0.25, -0.2) is 4.79 Å². The van der Waals surface area contributed by atoms with Crippen LogP contribution in [0.5, 0.6) is 0 Å². The van der Waals surface area contributed by atoms with Crippen LogP contribution < -0.4 is 10.6 Å². The van der Waals surface area contributed by atoms with Gasteiger partial charge in [0.15, 0.2) is 11.7 Å². The fourth-order valence-corrected chi connectivity index (χ4v) is 2.92. The molecule has 28 heavy (non-hydrogen) atoms. The third kappa shape index (κ3) is 7.14. The first-order valence-electron chi connectivity index (χ1n) is 9.66. The number of carbonyl (C=O) groups is 1. The smallest absolute Gasteiger partial charge is 0.410 e. The van der Waals surface area contributed by atoms with Gasteiger partial charge in [-0.3, -0.25) is 4.99 Å². The summed E-state index contributed by atoms with van der Waals surface area (Å²) in [5.41, 5.74) is 0.532. The number of amides is 1. The Balaban J connectivity index is 0.00000392. The van der Waals surface area contributed by atoms with Crippen LogP contribution >= 0.6 is 24.0 Å². The molecule has 160 valence electrons. The first kappa shape index (κ1) is 24.5. The van der Waals surface area contributed by atoms with E-state index in [2.05, 4.69) is 34.6 Å². The van der Waals surface area contributed by atoms with Gasteiger partial charge in [-0.05, 0) is 33.6 Å². The lowest BCUT2D eigenvalue weighted by Crippen LogP contribution is -2.63. The summed E-state index contributed by atoms with van der Waals surface area (Å²) in [4.78, 5) is 17.9. The number of aromatic nitrogens is 1. The van der Waals surface area contributed by atoms with Crippen molar-refractivity contribution in [1.29, 1.82) is 0 Å². The second-order valence-electron chi connectivity index (χ2n) is 7.88. The van der Waals surface area contributed by atoms with Crippen LogP contribution in [0.25, 0.3) is 0 Å². The van der Waals surface area contributed by atoms with Gasteiger partial charge in [0, 0.05) is 32.1 Å². The van der Waals surface area contributed by atoms with Crippen molar-refractivity contribution in [2.75, 3.05) is 20.1 Å². The van der Waals surface area contributed by atoms with Gasteiger partial charge < -0.3 is 24.8 Å². The number of carbonyl (C=O) groups excluding carboxylic acids is 1. The van der Waals surface area contributed by atoms with Gasteiger partial charge in [0.1, 0.15) is 5.60 Å². The van der Waals surface area contributed by atoms with Gasteiger partial charge in [-0.15, -0.1) is 24.0 Å². The van der Waals surface area contributed by atoms with Crippen LogP contribution in [0.15, 0.2) is 15.6 Å². The molecule has 0 aliphatic carbocycles. The molecule has 1 amide bonds. The summed E-state index contributed by atoms with van der Waals surface area (Å²) in [5.74, 6) is 1.89. The largest absolute Gasteiger partial charge is 0.444 e. The lowest BCUT2D eigenvalue weighted by molar-refractivity contribution is 0.00701. The van der Waals surface area contributed by atoms with E-state index in [4.69, 9.17) is 9.26 Å². The fraction of sp³-hybridized carbons (Fsp3) is 0.737. The monoisotopic (exact) mass is 507 g/mol. The Morgan fingerprint density at radius 3 is 2.57 bits per heavy atom. The molecule has 2 N–H and O–H groups in total. The topological polar surface area (TPSA) is 92.0 Å². The number of nitrogens with one attached hydrogen (secondary N) is 2. The Hall–Kier alpha value is -1.52. The van der Waals surface area contributed by atoms with Gasteiger partial charge in [-0.1, -0.05) is 19.0 Å².